The highest BCUT2D eigenvalue weighted by Crippen LogP contribution is 2.31. The Kier molecular flexibility index (Phi) is 3.80. The number of fused-ring (bicyclic) bond motifs is 1. The lowest BCUT2D eigenvalue weighted by Crippen LogP contribution is -2.37. The minimum atomic E-state index is -0.852. The first-order valence-electron chi connectivity index (χ1n) is 6.64. The van der Waals surface area contributed by atoms with Crippen molar-refractivity contribution in [1.29, 1.82) is 0 Å². The highest BCUT2D eigenvalue weighted by Gasteiger charge is 2.27. The molecule has 0 amide bonds. The first-order chi connectivity index (χ1) is 8.95. The van der Waals surface area contributed by atoms with Gasteiger partial charge in [-0.25, -0.2) is 0 Å². The maximum absolute atomic E-state index is 10.2. The lowest BCUT2D eigenvalue weighted by atomic mass is 9.94. The summed E-state index contributed by atoms with van der Waals surface area (Å²) in [6.45, 7) is 5.97. The fourth-order valence-corrected chi connectivity index (χ4v) is 2.10. The van der Waals surface area contributed by atoms with Gasteiger partial charge in [0.05, 0.1) is 11.3 Å². The molecule has 1 aromatic rings. The molecule has 0 fully saturated rings. The average molecular weight is 263 g/mol. The van der Waals surface area contributed by atoms with Crippen LogP contribution in [-0.4, -0.2) is 28.2 Å². The van der Waals surface area contributed by atoms with Gasteiger partial charge in [-0.05, 0) is 31.7 Å². The van der Waals surface area contributed by atoms with Crippen LogP contribution >= 0.6 is 0 Å². The van der Waals surface area contributed by atoms with E-state index in [-0.39, 0.29) is 12.5 Å². The van der Waals surface area contributed by atoms with Crippen LogP contribution in [0, 0.1) is 5.92 Å². The number of rotatable bonds is 4. The molecule has 1 aliphatic carbocycles. The fourth-order valence-electron chi connectivity index (χ4n) is 2.10. The predicted octanol–water partition coefficient (Wildman–Crippen LogP) is 2.60. The molecule has 0 saturated heterocycles. The zero-order valence-corrected chi connectivity index (χ0v) is 11.7. The molecule has 1 atom stereocenters. The predicted molar refractivity (Wildman–Crippen MR) is 74.0 cm³/mol. The SMILES string of the molecule is CC(C)C(C)(O)COc1cccc2c1CC/C2=N\O. The lowest BCUT2D eigenvalue weighted by Gasteiger charge is -2.28. The van der Waals surface area contributed by atoms with Crippen molar-refractivity contribution in [2.75, 3.05) is 6.61 Å². The molecule has 0 aliphatic heterocycles. The topological polar surface area (TPSA) is 62.0 Å². The Morgan fingerprint density at radius 2 is 2.11 bits per heavy atom. The second kappa shape index (κ2) is 5.21. The monoisotopic (exact) mass is 263 g/mol. The Morgan fingerprint density at radius 3 is 2.74 bits per heavy atom. The van der Waals surface area contributed by atoms with Crippen LogP contribution in [0.3, 0.4) is 0 Å². The highest BCUT2D eigenvalue weighted by molar-refractivity contribution is 6.04. The molecular weight excluding hydrogens is 242 g/mol. The van der Waals surface area contributed by atoms with Crippen LogP contribution in [-0.2, 0) is 6.42 Å². The van der Waals surface area contributed by atoms with Gasteiger partial charge >= 0.3 is 0 Å². The molecular formula is C15H21NO3. The van der Waals surface area contributed by atoms with E-state index in [0.717, 1.165) is 29.7 Å². The standard InChI is InChI=1S/C15H21NO3/c1-10(2)15(3,17)9-19-14-6-4-5-11-12(14)7-8-13(11)16-18/h4-6,10,17-18H,7-9H2,1-3H3/b16-13+. The molecule has 19 heavy (non-hydrogen) atoms. The lowest BCUT2D eigenvalue weighted by molar-refractivity contribution is -0.0268. The van der Waals surface area contributed by atoms with Gasteiger partial charge in [-0.2, -0.15) is 0 Å². The summed E-state index contributed by atoms with van der Waals surface area (Å²) in [4.78, 5) is 0. The Bertz CT molecular complexity index is 492. The number of oxime groups is 1. The molecule has 4 heteroatoms. The number of benzene rings is 1. The quantitative estimate of drug-likeness (QED) is 0.648. The second-order valence-electron chi connectivity index (χ2n) is 5.63. The zero-order chi connectivity index (χ0) is 14.0. The van der Waals surface area contributed by atoms with Gasteiger partial charge in [-0.1, -0.05) is 31.1 Å². The second-order valence-corrected chi connectivity index (χ2v) is 5.63. The molecule has 2 rings (SSSR count). The van der Waals surface area contributed by atoms with Crippen molar-refractivity contribution in [1.82, 2.24) is 0 Å². The molecule has 104 valence electrons. The van der Waals surface area contributed by atoms with E-state index in [4.69, 9.17) is 9.94 Å². The number of hydrogen-bond donors (Lipinski definition) is 2. The van der Waals surface area contributed by atoms with Gasteiger partial charge in [0.1, 0.15) is 12.4 Å². The summed E-state index contributed by atoms with van der Waals surface area (Å²) in [5.41, 5.74) is 1.87. The summed E-state index contributed by atoms with van der Waals surface area (Å²) in [6.07, 6.45) is 1.54. The zero-order valence-electron chi connectivity index (χ0n) is 11.7. The van der Waals surface area contributed by atoms with Crippen molar-refractivity contribution in [3.05, 3.63) is 29.3 Å². The van der Waals surface area contributed by atoms with E-state index in [1.54, 1.807) is 6.92 Å². The van der Waals surface area contributed by atoms with Gasteiger partial charge in [0, 0.05) is 11.1 Å². The Balaban J connectivity index is 2.18. The van der Waals surface area contributed by atoms with Crippen molar-refractivity contribution >= 4 is 5.71 Å². The van der Waals surface area contributed by atoms with E-state index in [2.05, 4.69) is 5.16 Å². The largest absolute Gasteiger partial charge is 0.490 e. The third-order valence-electron chi connectivity index (χ3n) is 3.94. The molecule has 1 unspecified atom stereocenters. The molecule has 0 aromatic heterocycles. The van der Waals surface area contributed by atoms with E-state index in [9.17, 15) is 5.11 Å². The highest BCUT2D eigenvalue weighted by atomic mass is 16.5. The molecule has 2 N–H and O–H groups in total. The van der Waals surface area contributed by atoms with Crippen molar-refractivity contribution in [2.24, 2.45) is 11.1 Å². The normalized spacial score (nSPS) is 19.5. The van der Waals surface area contributed by atoms with Gasteiger partial charge in [-0.15, -0.1) is 0 Å². The molecule has 0 heterocycles. The summed E-state index contributed by atoms with van der Waals surface area (Å²) in [5.74, 6) is 0.899. The van der Waals surface area contributed by atoms with Gasteiger partial charge in [0.15, 0.2) is 0 Å². The Labute approximate surface area is 113 Å². The van der Waals surface area contributed by atoms with Crippen molar-refractivity contribution < 1.29 is 15.1 Å². The minimum Gasteiger partial charge on any atom is -0.490 e. The third kappa shape index (κ3) is 2.73. The minimum absolute atomic E-state index is 0.124. The maximum Gasteiger partial charge on any atom is 0.123 e. The van der Waals surface area contributed by atoms with Gasteiger partial charge in [0.2, 0.25) is 0 Å². The van der Waals surface area contributed by atoms with Gasteiger partial charge < -0.3 is 15.1 Å². The van der Waals surface area contributed by atoms with Crippen LogP contribution in [0.15, 0.2) is 23.4 Å². The average Bonchev–Trinajstić information content (AvgIpc) is 2.79. The van der Waals surface area contributed by atoms with Crippen molar-refractivity contribution in [3.8, 4) is 5.75 Å². The van der Waals surface area contributed by atoms with E-state index in [0.29, 0.717) is 5.71 Å². The molecule has 0 bridgehead atoms. The maximum atomic E-state index is 10.2. The number of aliphatic hydroxyl groups is 1. The summed E-state index contributed by atoms with van der Waals surface area (Å²) in [5, 5.41) is 22.5. The first kappa shape index (κ1) is 13.9. The summed E-state index contributed by atoms with van der Waals surface area (Å²) in [6, 6.07) is 5.72. The molecule has 0 saturated carbocycles. The van der Waals surface area contributed by atoms with Crippen molar-refractivity contribution in [2.45, 2.75) is 39.2 Å². The third-order valence-corrected chi connectivity index (χ3v) is 3.94. The van der Waals surface area contributed by atoms with E-state index in [1.165, 1.54) is 0 Å². The van der Waals surface area contributed by atoms with Crippen LogP contribution < -0.4 is 4.74 Å². The van der Waals surface area contributed by atoms with Crippen LogP contribution in [0.2, 0.25) is 0 Å². The van der Waals surface area contributed by atoms with Crippen LogP contribution in [0.1, 0.15) is 38.3 Å². The molecule has 4 nitrogen and oxygen atoms in total. The first-order valence-corrected chi connectivity index (χ1v) is 6.64. The fraction of sp³-hybridized carbons (Fsp3) is 0.533. The molecule has 1 aromatic carbocycles. The van der Waals surface area contributed by atoms with Crippen molar-refractivity contribution in [3.63, 3.8) is 0 Å². The Morgan fingerprint density at radius 1 is 1.37 bits per heavy atom. The van der Waals surface area contributed by atoms with E-state index < -0.39 is 5.60 Å². The number of hydrogen-bond acceptors (Lipinski definition) is 4. The summed E-state index contributed by atoms with van der Waals surface area (Å²) in [7, 11) is 0. The van der Waals surface area contributed by atoms with Crippen LogP contribution in [0.4, 0.5) is 0 Å². The molecule has 1 aliphatic rings. The van der Waals surface area contributed by atoms with Crippen LogP contribution in [0.5, 0.6) is 5.75 Å². The van der Waals surface area contributed by atoms with Crippen LogP contribution in [0.25, 0.3) is 0 Å². The Hall–Kier alpha value is -1.55. The summed E-state index contributed by atoms with van der Waals surface area (Å²) >= 11 is 0. The smallest absolute Gasteiger partial charge is 0.123 e. The van der Waals surface area contributed by atoms with Gasteiger partial charge in [0.25, 0.3) is 0 Å². The van der Waals surface area contributed by atoms with E-state index >= 15 is 0 Å². The number of ether oxygens (including phenoxy) is 1. The number of nitrogens with zero attached hydrogens (tertiary/aromatic N) is 1. The summed E-state index contributed by atoms with van der Waals surface area (Å²) < 4.78 is 5.78. The van der Waals surface area contributed by atoms with E-state index in [1.807, 2.05) is 32.0 Å². The molecule has 0 spiro atoms. The molecule has 0 radical (unpaired) electrons. The van der Waals surface area contributed by atoms with Gasteiger partial charge in [-0.3, -0.25) is 0 Å².